The van der Waals surface area contributed by atoms with Crippen molar-refractivity contribution in [3.05, 3.63) is 51.2 Å². The predicted octanol–water partition coefficient (Wildman–Crippen LogP) is 4.64. The number of phenolic OH excluding ortho intramolecular Hbond substituents is 2. The summed E-state index contributed by atoms with van der Waals surface area (Å²) in [6, 6.07) is 7.15. The zero-order valence-electron chi connectivity index (χ0n) is 13.0. The number of H-pyrrole nitrogens is 2. The molecule has 26 heavy (non-hydrogen) atoms. The van der Waals surface area contributed by atoms with E-state index in [4.69, 9.17) is 0 Å². The van der Waals surface area contributed by atoms with Crippen molar-refractivity contribution in [2.45, 2.75) is 0 Å². The van der Waals surface area contributed by atoms with Gasteiger partial charge in [0.15, 0.2) is 0 Å². The Hall–Kier alpha value is -2.65. The summed E-state index contributed by atoms with van der Waals surface area (Å²) in [6.45, 7) is 0. The van der Waals surface area contributed by atoms with E-state index in [1.807, 2.05) is 18.2 Å². The van der Waals surface area contributed by atoms with Crippen LogP contribution in [0.25, 0.3) is 22.4 Å². The van der Waals surface area contributed by atoms with Gasteiger partial charge in [0, 0.05) is 18.0 Å². The Balaban J connectivity index is 1.68. The van der Waals surface area contributed by atoms with Gasteiger partial charge in [0.1, 0.15) is 21.8 Å². The molecule has 0 bridgehead atoms. The lowest BCUT2D eigenvalue weighted by atomic mass is 10.2. The summed E-state index contributed by atoms with van der Waals surface area (Å²) in [4.78, 5) is 12.1. The lowest BCUT2D eigenvalue weighted by Crippen LogP contribution is -1.85. The molecule has 2 aromatic heterocycles. The van der Waals surface area contributed by atoms with Crippen LogP contribution in [-0.4, -0.2) is 36.6 Å². The Kier molecular flexibility index (Phi) is 4.25. The van der Waals surface area contributed by atoms with Crippen molar-refractivity contribution in [2.24, 2.45) is 4.99 Å². The molecule has 0 aliphatic heterocycles. The third kappa shape index (κ3) is 2.99. The van der Waals surface area contributed by atoms with Gasteiger partial charge in [0.05, 0.1) is 33.0 Å². The van der Waals surface area contributed by atoms with Crippen LogP contribution < -0.4 is 0 Å². The van der Waals surface area contributed by atoms with E-state index in [1.165, 1.54) is 6.21 Å². The predicted molar refractivity (Wildman–Crippen MR) is 106 cm³/mol. The van der Waals surface area contributed by atoms with Crippen LogP contribution in [0.3, 0.4) is 0 Å². The van der Waals surface area contributed by atoms with E-state index < -0.39 is 0 Å². The van der Waals surface area contributed by atoms with Crippen LogP contribution in [0.15, 0.2) is 50.6 Å². The fraction of sp³-hybridized carbons (Fsp3) is 0. The molecule has 7 nitrogen and oxygen atoms in total. The molecule has 0 aliphatic rings. The number of fused-ring (bicyclic) bond motifs is 1. The lowest BCUT2D eigenvalue weighted by molar-refractivity contribution is 0.442. The SMILES string of the molecule is Oc1c(Br)cc(C=Nc2ccc3nc(-c4cn[nH]c4)[nH]c3c2)c(O)c1Br. The van der Waals surface area contributed by atoms with Crippen molar-refractivity contribution in [2.75, 3.05) is 0 Å². The Morgan fingerprint density at radius 3 is 2.73 bits per heavy atom. The fourth-order valence-corrected chi connectivity index (χ4v) is 3.61. The monoisotopic (exact) mass is 475 g/mol. The molecule has 0 saturated carbocycles. The van der Waals surface area contributed by atoms with Crippen molar-refractivity contribution in [3.63, 3.8) is 0 Å². The van der Waals surface area contributed by atoms with Crippen molar-refractivity contribution >= 4 is 54.8 Å². The molecule has 0 atom stereocenters. The minimum absolute atomic E-state index is 0.0645. The first-order chi connectivity index (χ1) is 12.5. The molecule has 2 heterocycles. The molecule has 0 amide bonds. The first kappa shape index (κ1) is 16.8. The summed E-state index contributed by atoms with van der Waals surface area (Å²) < 4.78 is 0.666. The second-order valence-corrected chi connectivity index (χ2v) is 7.14. The van der Waals surface area contributed by atoms with Crippen LogP contribution in [0.1, 0.15) is 5.56 Å². The average molecular weight is 477 g/mol. The minimum Gasteiger partial charge on any atom is -0.506 e. The smallest absolute Gasteiger partial charge is 0.147 e. The number of aromatic nitrogens is 4. The van der Waals surface area contributed by atoms with Crippen LogP contribution in [0.4, 0.5) is 5.69 Å². The first-order valence-corrected chi connectivity index (χ1v) is 9.04. The molecule has 4 rings (SSSR count). The molecule has 0 radical (unpaired) electrons. The number of halogens is 2. The van der Waals surface area contributed by atoms with Gasteiger partial charge in [-0.1, -0.05) is 0 Å². The molecule has 0 unspecified atom stereocenters. The summed E-state index contributed by atoms with van der Waals surface area (Å²) in [5, 5.41) is 26.6. The highest BCUT2D eigenvalue weighted by atomic mass is 79.9. The molecule has 4 N–H and O–H groups in total. The van der Waals surface area contributed by atoms with E-state index in [0.29, 0.717) is 15.7 Å². The number of phenols is 2. The number of benzene rings is 2. The summed E-state index contributed by atoms with van der Waals surface area (Å²) in [6.07, 6.45) is 4.99. The van der Waals surface area contributed by atoms with Gasteiger partial charge < -0.3 is 15.2 Å². The summed E-state index contributed by atoms with van der Waals surface area (Å²) in [5.41, 5.74) is 3.69. The average Bonchev–Trinajstić information content (AvgIpc) is 3.30. The zero-order valence-corrected chi connectivity index (χ0v) is 16.2. The van der Waals surface area contributed by atoms with E-state index in [-0.39, 0.29) is 16.0 Å². The molecule has 2 aromatic carbocycles. The third-order valence-corrected chi connectivity index (χ3v) is 5.14. The van der Waals surface area contributed by atoms with Crippen LogP contribution in [-0.2, 0) is 0 Å². The van der Waals surface area contributed by atoms with Gasteiger partial charge in [-0.3, -0.25) is 10.1 Å². The number of nitrogens with one attached hydrogen (secondary N) is 2. The van der Waals surface area contributed by atoms with E-state index in [0.717, 1.165) is 22.4 Å². The van der Waals surface area contributed by atoms with Gasteiger partial charge in [0.2, 0.25) is 0 Å². The van der Waals surface area contributed by atoms with E-state index in [9.17, 15) is 10.2 Å². The molecule has 4 aromatic rings. The maximum Gasteiger partial charge on any atom is 0.147 e. The summed E-state index contributed by atoms with van der Waals surface area (Å²) in [5.74, 6) is 0.573. The Morgan fingerprint density at radius 2 is 1.96 bits per heavy atom. The summed E-state index contributed by atoms with van der Waals surface area (Å²) >= 11 is 6.39. The molecule has 0 aliphatic carbocycles. The molecule has 0 spiro atoms. The van der Waals surface area contributed by atoms with E-state index in [2.05, 4.69) is 57.0 Å². The number of nitrogens with zero attached hydrogens (tertiary/aromatic N) is 3. The first-order valence-electron chi connectivity index (χ1n) is 7.46. The number of aromatic hydroxyl groups is 2. The summed E-state index contributed by atoms with van der Waals surface area (Å²) in [7, 11) is 0. The van der Waals surface area contributed by atoms with Gasteiger partial charge in [0.25, 0.3) is 0 Å². The van der Waals surface area contributed by atoms with Gasteiger partial charge in [-0.05, 0) is 56.1 Å². The van der Waals surface area contributed by atoms with Crippen LogP contribution in [0.5, 0.6) is 11.5 Å². The molecular formula is C17H11Br2N5O2. The van der Waals surface area contributed by atoms with Crippen LogP contribution in [0, 0.1) is 0 Å². The highest BCUT2D eigenvalue weighted by Gasteiger charge is 2.13. The standard InChI is InChI=1S/C17H11Br2N5O2/c18-11-3-8(15(25)14(19)16(11)26)5-20-10-1-2-12-13(4-10)24-17(23-12)9-6-21-22-7-9/h1-7,25-26H,(H,21,22)(H,23,24). The maximum absolute atomic E-state index is 10.1. The van der Waals surface area contributed by atoms with Gasteiger partial charge in [-0.25, -0.2) is 4.98 Å². The second kappa shape index (κ2) is 6.58. The van der Waals surface area contributed by atoms with Gasteiger partial charge in [-0.15, -0.1) is 0 Å². The van der Waals surface area contributed by atoms with Crippen molar-refractivity contribution < 1.29 is 10.2 Å². The zero-order chi connectivity index (χ0) is 18.3. The van der Waals surface area contributed by atoms with E-state index >= 15 is 0 Å². The molecular weight excluding hydrogens is 466 g/mol. The van der Waals surface area contributed by atoms with Crippen molar-refractivity contribution in [1.82, 2.24) is 20.2 Å². The van der Waals surface area contributed by atoms with Crippen molar-refractivity contribution in [1.29, 1.82) is 0 Å². The number of hydrogen-bond acceptors (Lipinski definition) is 5. The highest BCUT2D eigenvalue weighted by molar-refractivity contribution is 9.11. The Morgan fingerprint density at radius 1 is 1.12 bits per heavy atom. The molecule has 0 saturated heterocycles. The van der Waals surface area contributed by atoms with Crippen LogP contribution >= 0.6 is 31.9 Å². The number of imidazole rings is 1. The lowest BCUT2D eigenvalue weighted by Gasteiger charge is -2.06. The topological polar surface area (TPSA) is 110 Å². The van der Waals surface area contributed by atoms with Crippen LogP contribution in [0.2, 0.25) is 0 Å². The number of aliphatic imine (C=N–C) groups is 1. The number of hydrogen-bond donors (Lipinski definition) is 4. The van der Waals surface area contributed by atoms with Gasteiger partial charge in [-0.2, -0.15) is 5.10 Å². The Labute approximate surface area is 164 Å². The Bertz CT molecular complexity index is 1140. The third-order valence-electron chi connectivity index (χ3n) is 3.79. The quantitative estimate of drug-likeness (QED) is 0.323. The van der Waals surface area contributed by atoms with E-state index in [1.54, 1.807) is 18.5 Å². The normalized spacial score (nSPS) is 11.6. The maximum atomic E-state index is 10.1. The number of aromatic amines is 2. The molecule has 0 fully saturated rings. The second-order valence-electron chi connectivity index (χ2n) is 5.49. The molecule has 9 heteroatoms. The van der Waals surface area contributed by atoms with Crippen molar-refractivity contribution in [3.8, 4) is 22.9 Å². The fourth-order valence-electron chi connectivity index (χ4n) is 2.45. The molecule has 130 valence electrons. The minimum atomic E-state index is -0.0840. The van der Waals surface area contributed by atoms with Gasteiger partial charge >= 0.3 is 0 Å². The number of rotatable bonds is 3. The highest BCUT2D eigenvalue weighted by Crippen LogP contribution is 2.40. The largest absolute Gasteiger partial charge is 0.506 e.